The molecule has 0 N–H and O–H groups in total. The SMILES string of the molecule is CCCN1CCN(c2cc(Cl)nc(C)n2)CC1. The first-order valence-corrected chi connectivity index (χ1v) is 6.55. The Labute approximate surface area is 108 Å². The van der Waals surface area contributed by atoms with E-state index in [1.807, 2.05) is 13.0 Å². The number of hydrogen-bond acceptors (Lipinski definition) is 4. The minimum absolute atomic E-state index is 0.531. The van der Waals surface area contributed by atoms with Gasteiger partial charge in [-0.3, -0.25) is 4.90 Å². The molecule has 4 nitrogen and oxygen atoms in total. The third kappa shape index (κ3) is 3.30. The highest BCUT2D eigenvalue weighted by molar-refractivity contribution is 6.29. The second-order valence-electron chi connectivity index (χ2n) is 4.42. The number of hydrogen-bond donors (Lipinski definition) is 0. The Morgan fingerprint density at radius 1 is 1.24 bits per heavy atom. The Balaban J connectivity index is 2.00. The zero-order valence-corrected chi connectivity index (χ0v) is 11.2. The molecule has 0 saturated carbocycles. The van der Waals surface area contributed by atoms with Crippen molar-refractivity contribution in [1.29, 1.82) is 0 Å². The molecule has 2 rings (SSSR count). The van der Waals surface area contributed by atoms with Gasteiger partial charge in [0.15, 0.2) is 0 Å². The molecule has 1 aliphatic rings. The van der Waals surface area contributed by atoms with Crippen LogP contribution < -0.4 is 4.90 Å². The molecular formula is C12H19ClN4. The fourth-order valence-electron chi connectivity index (χ4n) is 2.20. The predicted molar refractivity (Wildman–Crippen MR) is 70.7 cm³/mol. The monoisotopic (exact) mass is 254 g/mol. The van der Waals surface area contributed by atoms with Gasteiger partial charge in [0.1, 0.15) is 16.8 Å². The lowest BCUT2D eigenvalue weighted by Crippen LogP contribution is -2.46. The summed E-state index contributed by atoms with van der Waals surface area (Å²) in [5, 5.41) is 0.531. The number of anilines is 1. The summed E-state index contributed by atoms with van der Waals surface area (Å²) in [6, 6.07) is 1.85. The normalized spacial score (nSPS) is 17.5. The van der Waals surface area contributed by atoms with Crippen LogP contribution in [0.2, 0.25) is 5.15 Å². The van der Waals surface area contributed by atoms with E-state index in [0.717, 1.165) is 37.8 Å². The Bertz CT molecular complexity index is 355. The van der Waals surface area contributed by atoms with Crippen LogP contribution in [0.1, 0.15) is 19.2 Å². The number of rotatable bonds is 3. The molecule has 0 atom stereocenters. The maximum Gasteiger partial charge on any atom is 0.134 e. The summed E-state index contributed by atoms with van der Waals surface area (Å²) in [5.74, 6) is 1.70. The van der Waals surface area contributed by atoms with Gasteiger partial charge in [-0.15, -0.1) is 0 Å². The fraction of sp³-hybridized carbons (Fsp3) is 0.667. The number of halogens is 1. The molecule has 2 heterocycles. The molecule has 0 spiro atoms. The number of aryl methyl sites for hydroxylation is 1. The van der Waals surface area contributed by atoms with Crippen molar-refractivity contribution in [3.05, 3.63) is 17.0 Å². The molecule has 1 saturated heterocycles. The molecule has 1 aromatic heterocycles. The molecule has 0 aliphatic carbocycles. The first kappa shape index (κ1) is 12.6. The van der Waals surface area contributed by atoms with Crippen LogP contribution >= 0.6 is 11.6 Å². The van der Waals surface area contributed by atoms with Crippen LogP contribution in [0.3, 0.4) is 0 Å². The van der Waals surface area contributed by atoms with Gasteiger partial charge in [0.05, 0.1) is 0 Å². The van der Waals surface area contributed by atoms with E-state index in [-0.39, 0.29) is 0 Å². The van der Waals surface area contributed by atoms with Crippen LogP contribution in [0.15, 0.2) is 6.07 Å². The van der Waals surface area contributed by atoms with E-state index in [4.69, 9.17) is 11.6 Å². The molecule has 1 aliphatic heterocycles. The van der Waals surface area contributed by atoms with E-state index in [2.05, 4.69) is 26.7 Å². The molecule has 0 unspecified atom stereocenters. The summed E-state index contributed by atoms with van der Waals surface area (Å²) in [4.78, 5) is 13.3. The van der Waals surface area contributed by atoms with Gasteiger partial charge in [-0.1, -0.05) is 18.5 Å². The standard InChI is InChI=1S/C12H19ClN4/c1-3-4-16-5-7-17(8-6-16)12-9-11(13)14-10(2)15-12/h9H,3-8H2,1-2H3. The van der Waals surface area contributed by atoms with Crippen LogP contribution in [0, 0.1) is 6.92 Å². The summed E-state index contributed by atoms with van der Waals surface area (Å²) in [7, 11) is 0. The average molecular weight is 255 g/mol. The number of piperazine rings is 1. The summed E-state index contributed by atoms with van der Waals surface area (Å²) in [6.45, 7) is 9.54. The summed E-state index contributed by atoms with van der Waals surface area (Å²) in [5.41, 5.74) is 0. The van der Waals surface area contributed by atoms with Crippen LogP contribution in [0.25, 0.3) is 0 Å². The fourth-order valence-corrected chi connectivity index (χ4v) is 2.42. The third-order valence-corrected chi connectivity index (χ3v) is 3.22. The quantitative estimate of drug-likeness (QED) is 0.772. The number of nitrogens with zero attached hydrogens (tertiary/aromatic N) is 4. The second-order valence-corrected chi connectivity index (χ2v) is 4.81. The van der Waals surface area contributed by atoms with E-state index in [0.29, 0.717) is 5.15 Å². The van der Waals surface area contributed by atoms with E-state index < -0.39 is 0 Å². The van der Waals surface area contributed by atoms with Crippen LogP contribution in [-0.4, -0.2) is 47.6 Å². The largest absolute Gasteiger partial charge is 0.354 e. The van der Waals surface area contributed by atoms with E-state index in [9.17, 15) is 0 Å². The zero-order chi connectivity index (χ0) is 12.3. The van der Waals surface area contributed by atoms with Gasteiger partial charge >= 0.3 is 0 Å². The minimum Gasteiger partial charge on any atom is -0.354 e. The molecular weight excluding hydrogens is 236 g/mol. The van der Waals surface area contributed by atoms with E-state index >= 15 is 0 Å². The van der Waals surface area contributed by atoms with Gasteiger partial charge in [0.2, 0.25) is 0 Å². The molecule has 1 fully saturated rings. The van der Waals surface area contributed by atoms with Crippen LogP contribution in [0.4, 0.5) is 5.82 Å². The zero-order valence-electron chi connectivity index (χ0n) is 10.5. The maximum atomic E-state index is 5.96. The topological polar surface area (TPSA) is 32.3 Å². The van der Waals surface area contributed by atoms with Crippen molar-refractivity contribution in [3.63, 3.8) is 0 Å². The highest BCUT2D eigenvalue weighted by Crippen LogP contribution is 2.17. The molecule has 0 radical (unpaired) electrons. The highest BCUT2D eigenvalue weighted by atomic mass is 35.5. The van der Waals surface area contributed by atoms with Crippen molar-refractivity contribution in [2.45, 2.75) is 20.3 Å². The molecule has 1 aromatic rings. The van der Waals surface area contributed by atoms with Crippen molar-refractivity contribution in [2.24, 2.45) is 0 Å². The number of aromatic nitrogens is 2. The van der Waals surface area contributed by atoms with Gasteiger partial charge in [-0.25, -0.2) is 9.97 Å². The Morgan fingerprint density at radius 3 is 2.53 bits per heavy atom. The van der Waals surface area contributed by atoms with Gasteiger partial charge in [0, 0.05) is 32.2 Å². The minimum atomic E-state index is 0.531. The maximum absolute atomic E-state index is 5.96. The van der Waals surface area contributed by atoms with Crippen molar-refractivity contribution in [1.82, 2.24) is 14.9 Å². The Kier molecular flexibility index (Phi) is 4.18. The molecule has 17 heavy (non-hydrogen) atoms. The highest BCUT2D eigenvalue weighted by Gasteiger charge is 2.17. The van der Waals surface area contributed by atoms with Crippen molar-refractivity contribution in [2.75, 3.05) is 37.6 Å². The first-order valence-electron chi connectivity index (χ1n) is 6.17. The first-order chi connectivity index (χ1) is 8.19. The predicted octanol–water partition coefficient (Wildman–Crippen LogP) is 1.97. The molecule has 0 bridgehead atoms. The Hall–Kier alpha value is -0.870. The third-order valence-electron chi connectivity index (χ3n) is 3.03. The molecule has 5 heteroatoms. The van der Waals surface area contributed by atoms with E-state index in [1.54, 1.807) is 0 Å². The lowest BCUT2D eigenvalue weighted by molar-refractivity contribution is 0.258. The van der Waals surface area contributed by atoms with Crippen molar-refractivity contribution >= 4 is 17.4 Å². The lowest BCUT2D eigenvalue weighted by atomic mass is 10.3. The second kappa shape index (κ2) is 5.65. The van der Waals surface area contributed by atoms with Gasteiger partial charge in [0.25, 0.3) is 0 Å². The summed E-state index contributed by atoms with van der Waals surface area (Å²) >= 11 is 5.96. The van der Waals surface area contributed by atoms with Crippen molar-refractivity contribution in [3.8, 4) is 0 Å². The summed E-state index contributed by atoms with van der Waals surface area (Å²) in [6.07, 6.45) is 1.22. The van der Waals surface area contributed by atoms with Gasteiger partial charge in [-0.05, 0) is 19.9 Å². The van der Waals surface area contributed by atoms with E-state index in [1.165, 1.54) is 13.0 Å². The summed E-state index contributed by atoms with van der Waals surface area (Å²) < 4.78 is 0. The van der Waals surface area contributed by atoms with Gasteiger partial charge < -0.3 is 4.90 Å². The molecule has 0 amide bonds. The molecule has 0 aromatic carbocycles. The average Bonchev–Trinajstić information content (AvgIpc) is 2.29. The Morgan fingerprint density at radius 2 is 1.94 bits per heavy atom. The van der Waals surface area contributed by atoms with Gasteiger partial charge in [-0.2, -0.15) is 0 Å². The lowest BCUT2D eigenvalue weighted by Gasteiger charge is -2.35. The smallest absolute Gasteiger partial charge is 0.134 e. The molecule has 94 valence electrons. The van der Waals surface area contributed by atoms with Crippen LogP contribution in [-0.2, 0) is 0 Å². The van der Waals surface area contributed by atoms with Crippen molar-refractivity contribution < 1.29 is 0 Å². The van der Waals surface area contributed by atoms with Crippen LogP contribution in [0.5, 0.6) is 0 Å².